The van der Waals surface area contributed by atoms with Crippen LogP contribution in [0, 0.1) is 11.6 Å². The van der Waals surface area contributed by atoms with Crippen LogP contribution in [-0.4, -0.2) is 30.0 Å². The minimum Gasteiger partial charge on any atom is -0.348 e. The number of piperidine rings is 1. The van der Waals surface area contributed by atoms with Crippen LogP contribution in [0.4, 0.5) is 8.78 Å². The maximum absolute atomic E-state index is 13.0. The lowest BCUT2D eigenvalue weighted by atomic mass is 10.1. The lowest BCUT2D eigenvalue weighted by Gasteiger charge is -2.29. The van der Waals surface area contributed by atoms with E-state index in [2.05, 4.69) is 5.32 Å². The Hall–Kier alpha value is -1.53. The van der Waals surface area contributed by atoms with Crippen LogP contribution < -0.4 is 11.2 Å². The number of hydrogen-bond acceptors (Lipinski definition) is 3. The molecule has 0 unspecified atom stereocenters. The van der Waals surface area contributed by atoms with E-state index in [1.807, 2.05) is 0 Å². The third kappa shape index (κ3) is 3.02. The molecule has 4 nitrogen and oxygen atoms in total. The molecule has 0 aromatic heterocycles. The number of benzene rings is 1. The fraction of sp³-hybridized carbons (Fsp3) is 0.417. The van der Waals surface area contributed by atoms with Crippen molar-refractivity contribution in [2.75, 3.05) is 13.1 Å². The molecule has 1 aliphatic heterocycles. The molecule has 98 valence electrons. The summed E-state index contributed by atoms with van der Waals surface area (Å²) < 4.78 is 25.7. The third-order valence-corrected chi connectivity index (χ3v) is 2.97. The van der Waals surface area contributed by atoms with Crippen LogP contribution in [-0.2, 0) is 0 Å². The first-order chi connectivity index (χ1) is 8.56. The number of halogens is 2. The molecule has 1 saturated heterocycles. The highest BCUT2D eigenvalue weighted by molar-refractivity contribution is 5.94. The minimum absolute atomic E-state index is 0.0515. The molecular weight excluding hydrogens is 240 g/mol. The van der Waals surface area contributed by atoms with Crippen molar-refractivity contribution in [3.63, 3.8) is 0 Å². The second-order valence-electron chi connectivity index (χ2n) is 4.44. The van der Waals surface area contributed by atoms with E-state index in [0.29, 0.717) is 6.54 Å². The van der Waals surface area contributed by atoms with E-state index >= 15 is 0 Å². The first-order valence-corrected chi connectivity index (χ1v) is 5.82. The van der Waals surface area contributed by atoms with Crippen LogP contribution in [0.25, 0.3) is 0 Å². The fourth-order valence-corrected chi connectivity index (χ4v) is 2.03. The second-order valence-corrected chi connectivity index (χ2v) is 4.44. The Labute approximate surface area is 104 Å². The van der Waals surface area contributed by atoms with Crippen molar-refractivity contribution >= 4 is 5.91 Å². The van der Waals surface area contributed by atoms with E-state index in [-0.39, 0.29) is 11.6 Å². The number of rotatable bonds is 2. The molecule has 1 aliphatic rings. The van der Waals surface area contributed by atoms with E-state index in [1.54, 1.807) is 5.01 Å². The Balaban J connectivity index is 2.00. The predicted octanol–water partition coefficient (Wildman–Crippen LogP) is 1.03. The van der Waals surface area contributed by atoms with E-state index in [4.69, 9.17) is 5.84 Å². The Morgan fingerprint density at radius 1 is 1.39 bits per heavy atom. The van der Waals surface area contributed by atoms with Crippen molar-refractivity contribution in [3.8, 4) is 0 Å². The molecule has 1 fully saturated rings. The van der Waals surface area contributed by atoms with Crippen LogP contribution >= 0.6 is 0 Å². The van der Waals surface area contributed by atoms with Crippen molar-refractivity contribution in [1.82, 2.24) is 10.3 Å². The summed E-state index contributed by atoms with van der Waals surface area (Å²) in [7, 11) is 0. The van der Waals surface area contributed by atoms with Crippen molar-refractivity contribution in [1.29, 1.82) is 0 Å². The zero-order valence-corrected chi connectivity index (χ0v) is 9.83. The van der Waals surface area contributed by atoms with Gasteiger partial charge >= 0.3 is 0 Å². The number of nitrogens with zero attached hydrogens (tertiary/aromatic N) is 1. The van der Waals surface area contributed by atoms with Crippen molar-refractivity contribution in [2.24, 2.45) is 5.84 Å². The number of nitrogens with one attached hydrogen (secondary N) is 1. The second kappa shape index (κ2) is 5.41. The summed E-state index contributed by atoms with van der Waals surface area (Å²) in [5, 5.41) is 4.40. The van der Waals surface area contributed by atoms with Gasteiger partial charge in [0.05, 0.1) is 0 Å². The van der Waals surface area contributed by atoms with Gasteiger partial charge in [-0.05, 0) is 31.0 Å². The molecule has 0 bridgehead atoms. The summed E-state index contributed by atoms with van der Waals surface area (Å²) in [6, 6.07) is 3.05. The molecule has 1 aromatic rings. The van der Waals surface area contributed by atoms with Crippen molar-refractivity contribution < 1.29 is 13.6 Å². The Morgan fingerprint density at radius 2 is 2.17 bits per heavy atom. The number of carbonyl (C=O) groups is 1. The molecule has 1 aromatic carbocycles. The molecule has 1 amide bonds. The van der Waals surface area contributed by atoms with Crippen LogP contribution in [0.5, 0.6) is 0 Å². The molecule has 6 heteroatoms. The summed E-state index contributed by atoms with van der Waals surface area (Å²) in [6.45, 7) is 1.37. The standard InChI is InChI=1S/C12H15F2N3O/c13-10-4-3-8(6-11(10)14)12(18)16-9-2-1-5-17(15)7-9/h3-4,6,9H,1-2,5,7,15H2,(H,16,18)/t9-/m1/s1. The molecule has 18 heavy (non-hydrogen) atoms. The summed E-state index contributed by atoms with van der Waals surface area (Å²) >= 11 is 0. The predicted molar refractivity (Wildman–Crippen MR) is 62.6 cm³/mol. The molecule has 1 atom stereocenters. The van der Waals surface area contributed by atoms with Crippen LogP contribution in [0.1, 0.15) is 23.2 Å². The minimum atomic E-state index is -1.02. The zero-order valence-electron chi connectivity index (χ0n) is 9.83. The topological polar surface area (TPSA) is 58.4 Å². The van der Waals surface area contributed by atoms with Gasteiger partial charge in [0.25, 0.3) is 5.91 Å². The highest BCUT2D eigenvalue weighted by atomic mass is 19.2. The van der Waals surface area contributed by atoms with Gasteiger partial charge < -0.3 is 5.32 Å². The fourth-order valence-electron chi connectivity index (χ4n) is 2.03. The highest BCUT2D eigenvalue weighted by Crippen LogP contribution is 2.11. The van der Waals surface area contributed by atoms with Gasteiger partial charge in [-0.25, -0.2) is 13.8 Å². The van der Waals surface area contributed by atoms with Crippen molar-refractivity contribution in [3.05, 3.63) is 35.4 Å². The van der Waals surface area contributed by atoms with E-state index < -0.39 is 17.5 Å². The lowest BCUT2D eigenvalue weighted by Crippen LogP contribution is -2.50. The Bertz CT molecular complexity index is 453. The van der Waals surface area contributed by atoms with Crippen molar-refractivity contribution in [2.45, 2.75) is 18.9 Å². The summed E-state index contributed by atoms with van der Waals surface area (Å²) in [6.07, 6.45) is 1.74. The van der Waals surface area contributed by atoms with Gasteiger partial charge in [0.15, 0.2) is 11.6 Å². The molecular formula is C12H15F2N3O. The highest BCUT2D eigenvalue weighted by Gasteiger charge is 2.20. The zero-order chi connectivity index (χ0) is 13.1. The monoisotopic (exact) mass is 255 g/mol. The maximum Gasteiger partial charge on any atom is 0.251 e. The molecule has 3 N–H and O–H groups in total. The number of nitrogens with two attached hydrogens (primary N) is 1. The van der Waals surface area contributed by atoms with E-state index in [0.717, 1.165) is 31.5 Å². The maximum atomic E-state index is 13.0. The van der Waals surface area contributed by atoms with E-state index in [9.17, 15) is 13.6 Å². The normalized spacial score (nSPS) is 20.7. The SMILES string of the molecule is NN1CCC[C@@H](NC(=O)c2ccc(F)c(F)c2)C1. The Morgan fingerprint density at radius 3 is 2.83 bits per heavy atom. The Kier molecular flexibility index (Phi) is 3.88. The average molecular weight is 255 g/mol. The molecule has 1 heterocycles. The number of hydrogen-bond donors (Lipinski definition) is 2. The third-order valence-electron chi connectivity index (χ3n) is 2.97. The molecule has 0 aliphatic carbocycles. The molecule has 0 radical (unpaired) electrons. The quantitative estimate of drug-likeness (QED) is 0.776. The summed E-state index contributed by atoms with van der Waals surface area (Å²) in [5.74, 6) is 3.27. The first kappa shape index (κ1) is 12.9. The van der Waals surface area contributed by atoms with Gasteiger partial charge in [0.1, 0.15) is 0 Å². The summed E-state index contributed by atoms with van der Waals surface area (Å²) in [4.78, 5) is 11.8. The van der Waals surface area contributed by atoms with Crippen LogP contribution in [0.2, 0.25) is 0 Å². The smallest absolute Gasteiger partial charge is 0.251 e. The average Bonchev–Trinajstić information content (AvgIpc) is 2.32. The molecule has 0 spiro atoms. The van der Waals surface area contributed by atoms with Crippen LogP contribution in [0.15, 0.2) is 18.2 Å². The van der Waals surface area contributed by atoms with Crippen LogP contribution in [0.3, 0.4) is 0 Å². The van der Waals surface area contributed by atoms with Gasteiger partial charge in [-0.2, -0.15) is 0 Å². The number of carbonyl (C=O) groups excluding carboxylic acids is 1. The van der Waals surface area contributed by atoms with Gasteiger partial charge in [-0.1, -0.05) is 0 Å². The van der Waals surface area contributed by atoms with E-state index in [1.165, 1.54) is 6.07 Å². The van der Waals surface area contributed by atoms with Gasteiger partial charge in [-0.15, -0.1) is 0 Å². The summed E-state index contributed by atoms with van der Waals surface area (Å²) in [5.41, 5.74) is 0.114. The van der Waals surface area contributed by atoms with Gasteiger partial charge in [0, 0.05) is 24.7 Å². The molecule has 0 saturated carbocycles. The first-order valence-electron chi connectivity index (χ1n) is 5.82. The number of amides is 1. The lowest BCUT2D eigenvalue weighted by molar-refractivity contribution is 0.0904. The van der Waals surface area contributed by atoms with Gasteiger partial charge in [-0.3, -0.25) is 10.6 Å². The largest absolute Gasteiger partial charge is 0.348 e. The molecule has 2 rings (SSSR count). The number of hydrazine groups is 1. The van der Waals surface area contributed by atoms with Gasteiger partial charge in [0.2, 0.25) is 0 Å².